The van der Waals surface area contributed by atoms with Crippen molar-refractivity contribution in [3.05, 3.63) is 59.9 Å². The van der Waals surface area contributed by atoms with Crippen molar-refractivity contribution in [3.63, 3.8) is 0 Å². The van der Waals surface area contributed by atoms with Gasteiger partial charge >= 0.3 is 5.97 Å². The van der Waals surface area contributed by atoms with E-state index >= 15 is 0 Å². The second kappa shape index (κ2) is 8.49. The average Bonchev–Trinajstić information content (AvgIpc) is 3.14. The lowest BCUT2D eigenvalue weighted by Gasteiger charge is -2.17. The minimum atomic E-state index is -0.502. The maximum atomic E-state index is 12.6. The molecule has 7 heteroatoms. The van der Waals surface area contributed by atoms with Crippen LogP contribution in [0.25, 0.3) is 11.0 Å². The summed E-state index contributed by atoms with van der Waals surface area (Å²) in [7, 11) is 0. The number of hydrogen-bond acceptors (Lipinski definition) is 6. The first-order chi connectivity index (χ1) is 14.5. The van der Waals surface area contributed by atoms with E-state index in [2.05, 4.69) is 9.97 Å². The maximum Gasteiger partial charge on any atom is 0.311 e. The van der Waals surface area contributed by atoms with Crippen molar-refractivity contribution in [1.29, 1.82) is 0 Å². The summed E-state index contributed by atoms with van der Waals surface area (Å²) >= 11 is 0. The third kappa shape index (κ3) is 4.10. The number of amides is 1. The number of aryl methyl sites for hydroxylation is 1. The van der Waals surface area contributed by atoms with Crippen LogP contribution in [0, 0.1) is 12.8 Å². The van der Waals surface area contributed by atoms with E-state index in [1.165, 1.54) is 0 Å². The molecule has 0 bridgehead atoms. The smallest absolute Gasteiger partial charge is 0.311 e. The molecule has 1 saturated heterocycles. The molecule has 0 aliphatic carbocycles. The first-order valence-electron chi connectivity index (χ1n) is 9.97. The molecule has 1 aliphatic rings. The van der Waals surface area contributed by atoms with Crippen molar-refractivity contribution in [1.82, 2.24) is 9.97 Å². The van der Waals surface area contributed by atoms with E-state index in [0.717, 1.165) is 28.2 Å². The quantitative estimate of drug-likeness (QED) is 0.585. The summed E-state index contributed by atoms with van der Waals surface area (Å²) in [5, 5.41) is 0. The van der Waals surface area contributed by atoms with E-state index in [9.17, 15) is 9.59 Å². The third-order valence-corrected chi connectivity index (χ3v) is 5.11. The first kappa shape index (κ1) is 19.8. The fourth-order valence-corrected chi connectivity index (χ4v) is 3.52. The molecule has 0 N–H and O–H groups in total. The van der Waals surface area contributed by atoms with Crippen LogP contribution in [0.2, 0.25) is 0 Å². The van der Waals surface area contributed by atoms with Gasteiger partial charge in [0.05, 0.1) is 34.9 Å². The summed E-state index contributed by atoms with van der Waals surface area (Å²) in [5.41, 5.74) is 3.65. The Morgan fingerprint density at radius 2 is 1.80 bits per heavy atom. The number of para-hydroxylation sites is 2. The predicted octanol–water partition coefficient (Wildman–Crippen LogP) is 3.43. The molecule has 0 spiro atoms. The Kier molecular flexibility index (Phi) is 5.61. The van der Waals surface area contributed by atoms with Crippen molar-refractivity contribution in [2.24, 2.45) is 5.92 Å². The molecule has 0 saturated carbocycles. The van der Waals surface area contributed by atoms with Gasteiger partial charge in [-0.3, -0.25) is 9.59 Å². The number of carbonyl (C=O) groups excluding carboxylic acids is 2. The van der Waals surface area contributed by atoms with Crippen LogP contribution in [0.1, 0.15) is 24.7 Å². The van der Waals surface area contributed by atoms with Crippen molar-refractivity contribution in [2.75, 3.05) is 18.1 Å². The first-order valence-corrected chi connectivity index (χ1v) is 9.97. The lowest BCUT2D eigenvalue weighted by molar-refractivity contribution is -0.149. The van der Waals surface area contributed by atoms with E-state index < -0.39 is 11.9 Å². The molecule has 0 unspecified atom stereocenters. The number of esters is 1. The van der Waals surface area contributed by atoms with E-state index in [4.69, 9.17) is 9.47 Å². The fraction of sp³-hybridized carbons (Fsp3) is 0.304. The van der Waals surface area contributed by atoms with Gasteiger partial charge in [0.15, 0.2) is 0 Å². The highest BCUT2D eigenvalue weighted by molar-refractivity contribution is 5.99. The lowest BCUT2D eigenvalue weighted by Crippen LogP contribution is -2.26. The zero-order valence-electron chi connectivity index (χ0n) is 17.0. The minimum Gasteiger partial charge on any atom is -0.494 e. The summed E-state index contributed by atoms with van der Waals surface area (Å²) < 4.78 is 10.9. The number of hydrogen-bond donors (Lipinski definition) is 0. The topological polar surface area (TPSA) is 81.6 Å². The van der Waals surface area contributed by atoms with Gasteiger partial charge in [0, 0.05) is 18.7 Å². The molecule has 4 rings (SSSR count). The molecule has 2 heterocycles. The van der Waals surface area contributed by atoms with E-state index in [0.29, 0.717) is 18.8 Å². The minimum absolute atomic E-state index is 0.0379. The van der Waals surface area contributed by atoms with Gasteiger partial charge in [-0.2, -0.15) is 0 Å². The van der Waals surface area contributed by atoms with Gasteiger partial charge in [0.25, 0.3) is 0 Å². The molecule has 30 heavy (non-hydrogen) atoms. The summed E-state index contributed by atoms with van der Waals surface area (Å²) in [6.07, 6.45) is 0.133. The van der Waals surface area contributed by atoms with Crippen LogP contribution < -0.4 is 9.64 Å². The predicted molar refractivity (Wildman–Crippen MR) is 112 cm³/mol. The molecular weight excluding hydrogens is 382 g/mol. The lowest BCUT2D eigenvalue weighted by atomic mass is 10.1. The largest absolute Gasteiger partial charge is 0.494 e. The number of fused-ring (bicyclic) bond motifs is 1. The highest BCUT2D eigenvalue weighted by Gasteiger charge is 2.36. The Labute approximate surface area is 174 Å². The number of ether oxygens (including phenoxy) is 2. The second-order valence-corrected chi connectivity index (χ2v) is 7.18. The molecule has 1 aliphatic heterocycles. The highest BCUT2D eigenvalue weighted by Crippen LogP contribution is 2.28. The number of benzene rings is 2. The molecule has 1 atom stereocenters. The number of nitrogens with zero attached hydrogens (tertiary/aromatic N) is 3. The average molecular weight is 405 g/mol. The van der Waals surface area contributed by atoms with Crippen LogP contribution in [0.3, 0.4) is 0 Å². The summed E-state index contributed by atoms with van der Waals surface area (Å²) in [6.45, 7) is 4.68. The van der Waals surface area contributed by atoms with E-state index in [1.54, 1.807) is 4.90 Å². The summed E-state index contributed by atoms with van der Waals surface area (Å²) in [5.74, 6) is -0.248. The van der Waals surface area contributed by atoms with Crippen molar-refractivity contribution in [2.45, 2.75) is 26.9 Å². The van der Waals surface area contributed by atoms with Crippen molar-refractivity contribution < 1.29 is 19.1 Å². The summed E-state index contributed by atoms with van der Waals surface area (Å²) in [4.78, 5) is 35.7. The van der Waals surface area contributed by atoms with Gasteiger partial charge in [0.1, 0.15) is 12.4 Å². The molecule has 0 radical (unpaired) electrons. The Bertz CT molecular complexity index is 1080. The normalized spacial score (nSPS) is 16.1. The molecule has 1 aromatic heterocycles. The zero-order valence-corrected chi connectivity index (χ0v) is 17.0. The van der Waals surface area contributed by atoms with Gasteiger partial charge in [-0.1, -0.05) is 12.1 Å². The van der Waals surface area contributed by atoms with E-state index in [1.807, 2.05) is 62.4 Å². The number of aromatic nitrogens is 2. The number of rotatable bonds is 6. The van der Waals surface area contributed by atoms with Gasteiger partial charge < -0.3 is 14.4 Å². The van der Waals surface area contributed by atoms with Crippen molar-refractivity contribution >= 4 is 28.6 Å². The van der Waals surface area contributed by atoms with Gasteiger partial charge in [-0.15, -0.1) is 0 Å². The molecule has 154 valence electrons. The van der Waals surface area contributed by atoms with Crippen LogP contribution in [0.5, 0.6) is 5.75 Å². The van der Waals surface area contributed by atoms with Crippen molar-refractivity contribution in [3.8, 4) is 5.75 Å². The summed E-state index contributed by atoms with van der Waals surface area (Å²) in [6, 6.07) is 14.8. The number of carbonyl (C=O) groups is 2. The Hall–Kier alpha value is -3.48. The van der Waals surface area contributed by atoms with Crippen LogP contribution in [0.15, 0.2) is 48.5 Å². The van der Waals surface area contributed by atoms with E-state index in [-0.39, 0.29) is 18.9 Å². The second-order valence-electron chi connectivity index (χ2n) is 7.18. The SMILES string of the molecule is CCOc1ccc(N2C[C@@H](C(=O)OCc3nc4ccccc4nc3C)CC2=O)cc1. The van der Waals surface area contributed by atoms with Gasteiger partial charge in [0.2, 0.25) is 5.91 Å². The van der Waals surface area contributed by atoms with Gasteiger partial charge in [-0.05, 0) is 50.2 Å². The third-order valence-electron chi connectivity index (χ3n) is 5.11. The number of anilines is 1. The Balaban J connectivity index is 1.40. The fourth-order valence-electron chi connectivity index (χ4n) is 3.52. The maximum absolute atomic E-state index is 12.6. The molecular formula is C23H23N3O4. The Morgan fingerprint density at radius 1 is 1.10 bits per heavy atom. The van der Waals surface area contributed by atoms with Crippen LogP contribution in [-0.2, 0) is 20.9 Å². The zero-order chi connectivity index (χ0) is 21.1. The standard InChI is InChI=1S/C23H23N3O4/c1-3-29-18-10-8-17(9-11-18)26-13-16(12-22(26)27)23(28)30-14-21-15(2)24-19-6-4-5-7-20(19)25-21/h4-11,16H,3,12-14H2,1-2H3/t16-/m0/s1. The molecule has 2 aromatic carbocycles. The molecule has 3 aromatic rings. The highest BCUT2D eigenvalue weighted by atomic mass is 16.5. The van der Waals surface area contributed by atoms with Gasteiger partial charge in [-0.25, -0.2) is 9.97 Å². The molecule has 1 amide bonds. The molecule has 7 nitrogen and oxygen atoms in total. The van der Waals surface area contributed by atoms with Crippen LogP contribution in [-0.4, -0.2) is 35.0 Å². The monoisotopic (exact) mass is 405 g/mol. The van der Waals surface area contributed by atoms with Crippen LogP contribution >= 0.6 is 0 Å². The molecule has 1 fully saturated rings. The van der Waals surface area contributed by atoms with Crippen LogP contribution in [0.4, 0.5) is 5.69 Å². The Morgan fingerprint density at radius 3 is 2.50 bits per heavy atom.